The molecule has 8 heterocycles. The van der Waals surface area contributed by atoms with Gasteiger partial charge in [-0.25, -0.2) is 19.6 Å². The van der Waals surface area contributed by atoms with Crippen LogP contribution in [0.15, 0.2) is 0 Å². The van der Waals surface area contributed by atoms with Gasteiger partial charge in [0.25, 0.3) is 0 Å². The van der Waals surface area contributed by atoms with Gasteiger partial charge in [0.15, 0.2) is 23.8 Å². The number of hydrogen-bond donors (Lipinski definition) is 0. The Balaban J connectivity index is 1.11. The summed E-state index contributed by atoms with van der Waals surface area (Å²) in [6, 6.07) is 0. The first-order valence-electron chi connectivity index (χ1n) is 18.0. The van der Waals surface area contributed by atoms with E-state index < -0.39 is 41.5 Å². The molecule has 10 aliphatic rings. The van der Waals surface area contributed by atoms with E-state index in [1.807, 2.05) is 20.8 Å². The van der Waals surface area contributed by atoms with E-state index in [-0.39, 0.29) is 47.8 Å². The van der Waals surface area contributed by atoms with Gasteiger partial charge in [-0.3, -0.25) is 4.79 Å². The van der Waals surface area contributed by atoms with Crippen molar-refractivity contribution >= 4 is 5.97 Å². The van der Waals surface area contributed by atoms with Crippen molar-refractivity contribution in [1.82, 2.24) is 0 Å². The topological polar surface area (TPSA) is 100 Å². The van der Waals surface area contributed by atoms with Crippen molar-refractivity contribution in [2.24, 2.45) is 47.3 Å². The minimum atomic E-state index is -0.865. The molecule has 0 aromatic rings. The zero-order valence-corrected chi connectivity index (χ0v) is 28.2. The Bertz CT molecular complexity index is 1170. The monoisotopic (exact) mass is 634 g/mol. The third-order valence-electron chi connectivity index (χ3n) is 13.9. The van der Waals surface area contributed by atoms with Crippen LogP contribution in [0.4, 0.5) is 0 Å². The van der Waals surface area contributed by atoms with Gasteiger partial charge in [0, 0.05) is 37.5 Å². The van der Waals surface area contributed by atoms with Gasteiger partial charge < -0.3 is 23.7 Å². The number of rotatable bonds is 5. The van der Waals surface area contributed by atoms with Crippen LogP contribution < -0.4 is 0 Å². The van der Waals surface area contributed by atoms with Gasteiger partial charge in [-0.1, -0.05) is 34.6 Å². The molecule has 10 fully saturated rings. The number of fused-ring (bicyclic) bond motifs is 4. The molecule has 254 valence electrons. The largest absolute Gasteiger partial charge is 0.459 e. The van der Waals surface area contributed by atoms with Crippen LogP contribution in [0, 0.1) is 47.3 Å². The molecule has 8 saturated heterocycles. The molecule has 0 aromatic carbocycles. The Labute approximate surface area is 267 Å². The molecular formula is C35H54O10. The number of esters is 1. The number of hydrogen-bond acceptors (Lipinski definition) is 10. The predicted molar refractivity (Wildman–Crippen MR) is 158 cm³/mol. The zero-order valence-electron chi connectivity index (χ0n) is 28.2. The minimum absolute atomic E-state index is 0.0477. The zero-order chi connectivity index (χ0) is 31.5. The maximum absolute atomic E-state index is 13.0. The van der Waals surface area contributed by atoms with Crippen LogP contribution in [0.3, 0.4) is 0 Å². The lowest BCUT2D eigenvalue weighted by Gasteiger charge is -2.62. The molecule has 10 heteroatoms. The minimum Gasteiger partial charge on any atom is -0.459 e. The summed E-state index contributed by atoms with van der Waals surface area (Å²) in [6.07, 6.45) is 6.31. The Morgan fingerprint density at radius 3 is 1.80 bits per heavy atom. The van der Waals surface area contributed by atoms with Crippen LogP contribution in [-0.4, -0.2) is 59.6 Å². The van der Waals surface area contributed by atoms with Crippen molar-refractivity contribution in [2.75, 3.05) is 0 Å². The van der Waals surface area contributed by atoms with Gasteiger partial charge >= 0.3 is 5.97 Å². The van der Waals surface area contributed by atoms with E-state index in [1.165, 1.54) is 0 Å². The van der Waals surface area contributed by atoms with E-state index >= 15 is 0 Å². The van der Waals surface area contributed by atoms with Crippen LogP contribution in [0.25, 0.3) is 0 Å². The summed E-state index contributed by atoms with van der Waals surface area (Å²) in [6.45, 7) is 14.9. The molecule has 10 rings (SSSR count). The molecule has 0 aromatic heterocycles. The highest BCUT2D eigenvalue weighted by atomic mass is 17.3. The summed E-state index contributed by atoms with van der Waals surface area (Å²) in [7, 11) is 0. The van der Waals surface area contributed by atoms with Crippen molar-refractivity contribution in [3.63, 3.8) is 0 Å². The Kier molecular flexibility index (Phi) is 7.56. The van der Waals surface area contributed by atoms with E-state index in [9.17, 15) is 4.79 Å². The summed E-state index contributed by atoms with van der Waals surface area (Å²) in [5.74, 6) is 0.145. The van der Waals surface area contributed by atoms with Crippen molar-refractivity contribution in [3.8, 4) is 0 Å². The van der Waals surface area contributed by atoms with Gasteiger partial charge in [-0.15, -0.1) is 0 Å². The standard InChI is InChI=1S/C35H54O10/c1-8-28(36)37-27(29-21(5)25-12-10-19(3)23-14-16-33(7)41-31(39-29)35(23,25)45-43-33)17-26-20(4)24-11-9-18(2)22-13-15-32(6)40-30(38-26)34(22,24)44-42-32/h18-27,29-31H,8-17H2,1-7H3/t18-,19-,20-,21-,22+,23+,24+,25+,26-,27+,29?,30-,31-,32+,33+,34-,35-/m1/s1. The van der Waals surface area contributed by atoms with Crippen molar-refractivity contribution in [2.45, 2.75) is 166 Å². The number of ether oxygens (including phenoxy) is 5. The van der Waals surface area contributed by atoms with E-state index in [1.54, 1.807) is 0 Å². The lowest BCUT2D eigenvalue weighted by atomic mass is 9.56. The average molecular weight is 635 g/mol. The molecule has 0 amide bonds. The van der Waals surface area contributed by atoms with Gasteiger partial charge in [0.05, 0.1) is 6.10 Å². The first-order chi connectivity index (χ1) is 21.4. The second-order valence-corrected chi connectivity index (χ2v) is 16.4. The van der Waals surface area contributed by atoms with E-state index in [0.29, 0.717) is 30.6 Å². The maximum atomic E-state index is 13.0. The smallest absolute Gasteiger partial charge is 0.305 e. The quantitative estimate of drug-likeness (QED) is 0.257. The van der Waals surface area contributed by atoms with E-state index in [0.717, 1.165) is 51.4 Å². The lowest BCUT2D eigenvalue weighted by molar-refractivity contribution is -0.573. The first-order valence-corrected chi connectivity index (χ1v) is 18.0. The fraction of sp³-hybridized carbons (Fsp3) is 0.971. The molecule has 4 bridgehead atoms. The van der Waals surface area contributed by atoms with Crippen molar-refractivity contribution in [1.29, 1.82) is 0 Å². The molecule has 17 atom stereocenters. The van der Waals surface area contributed by atoms with Crippen molar-refractivity contribution in [3.05, 3.63) is 0 Å². The summed E-state index contributed by atoms with van der Waals surface area (Å²) in [5.41, 5.74) is -1.30. The fourth-order valence-corrected chi connectivity index (χ4v) is 11.3. The van der Waals surface area contributed by atoms with Gasteiger partial charge in [-0.05, 0) is 87.9 Å². The van der Waals surface area contributed by atoms with E-state index in [2.05, 4.69) is 27.7 Å². The molecular weight excluding hydrogens is 580 g/mol. The molecule has 0 N–H and O–H groups in total. The molecule has 2 saturated carbocycles. The highest BCUT2D eigenvalue weighted by Crippen LogP contribution is 2.63. The molecule has 2 aliphatic carbocycles. The molecule has 10 nitrogen and oxygen atoms in total. The average Bonchev–Trinajstić information content (AvgIpc) is 3.38. The van der Waals surface area contributed by atoms with Gasteiger partial charge in [0.1, 0.15) is 12.2 Å². The SMILES string of the molecule is CCC(=O)O[C@@H](C[C@H]1O[C@@H]2O[C@]3(C)CC[C@H]4[C@H](C)CC[C@@H]([C@H]1C)[C@@]24OO3)C1O[C@@H]2O[C@]3(C)CC[C@H]4[C@H](C)CC[C@@H]([C@H]1C)[C@@]24OO3. The summed E-state index contributed by atoms with van der Waals surface area (Å²) in [5, 5.41) is 0. The number of carbonyl (C=O) groups excluding carboxylic acids is 1. The number of carbonyl (C=O) groups is 1. The molecule has 45 heavy (non-hydrogen) atoms. The van der Waals surface area contributed by atoms with Gasteiger partial charge in [0.2, 0.25) is 11.6 Å². The summed E-state index contributed by atoms with van der Waals surface area (Å²) >= 11 is 0. The maximum Gasteiger partial charge on any atom is 0.305 e. The third kappa shape index (κ3) is 4.52. The highest BCUT2D eigenvalue weighted by Gasteiger charge is 2.72. The second-order valence-electron chi connectivity index (χ2n) is 16.4. The normalized spacial score (nSPS) is 57.2. The Hall–Kier alpha value is -0.850. The molecule has 8 aliphatic heterocycles. The molecule has 0 radical (unpaired) electrons. The summed E-state index contributed by atoms with van der Waals surface area (Å²) < 4.78 is 33.6. The fourth-order valence-electron chi connectivity index (χ4n) is 11.3. The Morgan fingerprint density at radius 1 is 0.711 bits per heavy atom. The van der Waals surface area contributed by atoms with Crippen molar-refractivity contribution < 1.29 is 48.0 Å². The second kappa shape index (κ2) is 10.8. The highest BCUT2D eigenvalue weighted by molar-refractivity contribution is 5.69. The Morgan fingerprint density at radius 2 is 1.24 bits per heavy atom. The predicted octanol–water partition coefficient (Wildman–Crippen LogP) is 6.20. The van der Waals surface area contributed by atoms with E-state index in [4.69, 9.17) is 43.2 Å². The lowest BCUT2D eigenvalue weighted by Crippen LogP contribution is -2.72. The molecule has 1 unspecified atom stereocenters. The third-order valence-corrected chi connectivity index (χ3v) is 13.9. The van der Waals surface area contributed by atoms with Crippen LogP contribution in [-0.2, 0) is 48.0 Å². The van der Waals surface area contributed by atoms with Crippen LogP contribution in [0.2, 0.25) is 0 Å². The van der Waals surface area contributed by atoms with Crippen LogP contribution in [0.5, 0.6) is 0 Å². The van der Waals surface area contributed by atoms with Crippen LogP contribution in [0.1, 0.15) is 113 Å². The first kappa shape index (κ1) is 31.4. The van der Waals surface area contributed by atoms with Crippen LogP contribution >= 0.6 is 0 Å². The summed E-state index contributed by atoms with van der Waals surface area (Å²) in [4.78, 5) is 37.9. The van der Waals surface area contributed by atoms with Gasteiger partial charge in [-0.2, -0.15) is 0 Å². The molecule has 2 spiro atoms.